The van der Waals surface area contributed by atoms with Crippen LogP contribution >= 0.6 is 24.8 Å². The first-order valence-corrected chi connectivity index (χ1v) is 5.59. The first-order valence-electron chi connectivity index (χ1n) is 5.59. The Balaban J connectivity index is 0. The minimum atomic E-state index is 0. The molecule has 0 amide bonds. The fraction of sp³-hybridized carbons (Fsp3) is 0.727. The molecule has 0 radical (unpaired) electrons. The van der Waals surface area contributed by atoms with Crippen LogP contribution in [0.4, 0.5) is 0 Å². The van der Waals surface area contributed by atoms with E-state index in [0.717, 1.165) is 26.2 Å². The van der Waals surface area contributed by atoms with Gasteiger partial charge in [0.2, 0.25) is 0 Å². The van der Waals surface area contributed by atoms with E-state index in [4.69, 9.17) is 0 Å². The zero-order chi connectivity index (χ0) is 11.1. The number of halogens is 2. The standard InChI is InChI=1S/C11H22N4.2ClH/c1-4-15-10-11(9-13-15)8-12-6-5-7-14(2)3;;/h9-10,12H,4-8H2,1-3H3;2*1H. The molecule has 0 aliphatic rings. The van der Waals surface area contributed by atoms with Crippen LogP contribution in [0, 0.1) is 0 Å². The number of nitrogens with one attached hydrogen (secondary N) is 1. The van der Waals surface area contributed by atoms with E-state index < -0.39 is 0 Å². The molecule has 0 spiro atoms. The Hall–Kier alpha value is -0.290. The summed E-state index contributed by atoms with van der Waals surface area (Å²) >= 11 is 0. The van der Waals surface area contributed by atoms with Crippen LogP contribution in [-0.4, -0.2) is 41.9 Å². The van der Waals surface area contributed by atoms with E-state index in [0.29, 0.717) is 0 Å². The lowest BCUT2D eigenvalue weighted by molar-refractivity contribution is 0.394. The number of aryl methyl sites for hydroxylation is 1. The fourth-order valence-corrected chi connectivity index (χ4v) is 1.42. The summed E-state index contributed by atoms with van der Waals surface area (Å²) in [5.41, 5.74) is 1.27. The van der Waals surface area contributed by atoms with Gasteiger partial charge in [-0.3, -0.25) is 4.68 Å². The van der Waals surface area contributed by atoms with Gasteiger partial charge in [-0.05, 0) is 40.5 Å². The molecule has 1 N–H and O–H groups in total. The van der Waals surface area contributed by atoms with Crippen LogP contribution in [0.25, 0.3) is 0 Å². The van der Waals surface area contributed by atoms with E-state index >= 15 is 0 Å². The molecule has 1 aromatic heterocycles. The maximum absolute atomic E-state index is 4.23. The zero-order valence-electron chi connectivity index (χ0n) is 10.8. The second kappa shape index (κ2) is 10.8. The van der Waals surface area contributed by atoms with Crippen molar-refractivity contribution in [3.8, 4) is 0 Å². The van der Waals surface area contributed by atoms with E-state index in [1.165, 1.54) is 12.0 Å². The predicted molar refractivity (Wildman–Crippen MR) is 77.3 cm³/mol. The van der Waals surface area contributed by atoms with Crippen molar-refractivity contribution in [3.05, 3.63) is 18.0 Å². The number of nitrogens with zero attached hydrogens (tertiary/aromatic N) is 3. The SMILES string of the molecule is CCn1cc(CNCCCN(C)C)cn1.Cl.Cl. The Labute approximate surface area is 117 Å². The van der Waals surface area contributed by atoms with E-state index in [1.54, 1.807) is 0 Å². The fourth-order valence-electron chi connectivity index (χ4n) is 1.42. The van der Waals surface area contributed by atoms with E-state index in [9.17, 15) is 0 Å². The van der Waals surface area contributed by atoms with Crippen molar-refractivity contribution in [2.75, 3.05) is 27.2 Å². The summed E-state index contributed by atoms with van der Waals surface area (Å²) in [4.78, 5) is 2.21. The summed E-state index contributed by atoms with van der Waals surface area (Å²) in [6, 6.07) is 0. The van der Waals surface area contributed by atoms with Gasteiger partial charge >= 0.3 is 0 Å². The van der Waals surface area contributed by atoms with Crippen molar-refractivity contribution < 1.29 is 0 Å². The second-order valence-corrected chi connectivity index (χ2v) is 4.04. The van der Waals surface area contributed by atoms with Gasteiger partial charge in [0.1, 0.15) is 0 Å². The molecular weight excluding hydrogens is 259 g/mol. The Morgan fingerprint density at radius 3 is 2.59 bits per heavy atom. The Morgan fingerprint density at radius 1 is 1.35 bits per heavy atom. The van der Waals surface area contributed by atoms with Gasteiger partial charge in [-0.1, -0.05) is 0 Å². The molecule has 1 heterocycles. The summed E-state index contributed by atoms with van der Waals surface area (Å²) in [5.74, 6) is 0. The van der Waals surface area contributed by atoms with Gasteiger partial charge in [0.15, 0.2) is 0 Å². The third kappa shape index (κ3) is 8.44. The minimum Gasteiger partial charge on any atom is -0.313 e. The quantitative estimate of drug-likeness (QED) is 0.774. The highest BCUT2D eigenvalue weighted by atomic mass is 35.5. The average molecular weight is 283 g/mol. The Kier molecular flexibility index (Phi) is 12.2. The van der Waals surface area contributed by atoms with Crippen LogP contribution in [0.2, 0.25) is 0 Å². The molecule has 6 heteroatoms. The van der Waals surface area contributed by atoms with Crippen LogP contribution in [-0.2, 0) is 13.1 Å². The van der Waals surface area contributed by atoms with Gasteiger partial charge in [0.25, 0.3) is 0 Å². The summed E-state index contributed by atoms with van der Waals surface area (Å²) < 4.78 is 1.96. The molecule has 0 saturated carbocycles. The van der Waals surface area contributed by atoms with E-state index in [1.807, 2.05) is 10.9 Å². The van der Waals surface area contributed by atoms with Crippen molar-refractivity contribution in [2.24, 2.45) is 0 Å². The third-order valence-electron chi connectivity index (χ3n) is 2.30. The van der Waals surface area contributed by atoms with Crippen LogP contribution < -0.4 is 5.32 Å². The molecule has 0 bridgehead atoms. The molecule has 0 aliphatic heterocycles. The first kappa shape index (κ1) is 19.1. The maximum Gasteiger partial charge on any atom is 0.0534 e. The molecule has 4 nitrogen and oxygen atoms in total. The minimum absolute atomic E-state index is 0. The summed E-state index contributed by atoms with van der Waals surface area (Å²) in [6.07, 6.45) is 5.22. The van der Waals surface area contributed by atoms with Crippen LogP contribution in [0.3, 0.4) is 0 Å². The van der Waals surface area contributed by atoms with Crippen molar-refractivity contribution in [1.82, 2.24) is 20.0 Å². The number of aromatic nitrogens is 2. The molecule has 0 unspecified atom stereocenters. The van der Waals surface area contributed by atoms with Gasteiger partial charge < -0.3 is 10.2 Å². The second-order valence-electron chi connectivity index (χ2n) is 4.04. The highest BCUT2D eigenvalue weighted by Crippen LogP contribution is 1.96. The molecule has 102 valence electrons. The van der Waals surface area contributed by atoms with Gasteiger partial charge in [-0.25, -0.2) is 0 Å². The Bertz CT molecular complexity index is 276. The predicted octanol–water partition coefficient (Wildman–Crippen LogP) is 1.79. The first-order chi connectivity index (χ1) is 7.22. The van der Waals surface area contributed by atoms with Crippen molar-refractivity contribution in [2.45, 2.75) is 26.4 Å². The summed E-state index contributed by atoms with van der Waals surface area (Å²) in [6.45, 7) is 6.17. The number of hydrogen-bond acceptors (Lipinski definition) is 3. The zero-order valence-corrected chi connectivity index (χ0v) is 12.5. The maximum atomic E-state index is 4.23. The molecule has 0 saturated heterocycles. The van der Waals surface area contributed by atoms with Crippen molar-refractivity contribution in [1.29, 1.82) is 0 Å². The molecule has 17 heavy (non-hydrogen) atoms. The highest BCUT2D eigenvalue weighted by molar-refractivity contribution is 5.85. The number of rotatable bonds is 7. The van der Waals surface area contributed by atoms with Gasteiger partial charge in [-0.2, -0.15) is 5.10 Å². The lowest BCUT2D eigenvalue weighted by atomic mass is 10.3. The van der Waals surface area contributed by atoms with Gasteiger partial charge in [0.05, 0.1) is 6.20 Å². The molecule has 1 rings (SSSR count). The van der Waals surface area contributed by atoms with Gasteiger partial charge in [0, 0.05) is 24.8 Å². The molecule has 0 fully saturated rings. The summed E-state index contributed by atoms with van der Waals surface area (Å²) in [7, 11) is 4.20. The van der Waals surface area contributed by atoms with Gasteiger partial charge in [-0.15, -0.1) is 24.8 Å². The Morgan fingerprint density at radius 2 is 2.06 bits per heavy atom. The molecule has 0 aliphatic carbocycles. The van der Waals surface area contributed by atoms with Crippen LogP contribution in [0.1, 0.15) is 18.9 Å². The molecule has 0 aromatic carbocycles. The lowest BCUT2D eigenvalue weighted by Crippen LogP contribution is -2.20. The smallest absolute Gasteiger partial charge is 0.0534 e. The lowest BCUT2D eigenvalue weighted by Gasteiger charge is -2.09. The molecule has 0 atom stereocenters. The van der Waals surface area contributed by atoms with E-state index in [-0.39, 0.29) is 24.8 Å². The van der Waals surface area contributed by atoms with Crippen molar-refractivity contribution >= 4 is 24.8 Å². The molecule has 1 aromatic rings. The highest BCUT2D eigenvalue weighted by Gasteiger charge is 1.96. The van der Waals surface area contributed by atoms with E-state index in [2.05, 4.69) is 42.5 Å². The third-order valence-corrected chi connectivity index (χ3v) is 2.30. The number of hydrogen-bond donors (Lipinski definition) is 1. The monoisotopic (exact) mass is 282 g/mol. The average Bonchev–Trinajstić information content (AvgIpc) is 2.65. The van der Waals surface area contributed by atoms with Crippen LogP contribution in [0.15, 0.2) is 12.4 Å². The topological polar surface area (TPSA) is 33.1 Å². The normalized spacial score (nSPS) is 9.88. The van der Waals surface area contributed by atoms with Crippen molar-refractivity contribution in [3.63, 3.8) is 0 Å². The van der Waals surface area contributed by atoms with Crippen LogP contribution in [0.5, 0.6) is 0 Å². The largest absolute Gasteiger partial charge is 0.313 e. The molecular formula is C11H24Cl2N4. The summed E-state index contributed by atoms with van der Waals surface area (Å²) in [5, 5.41) is 7.64.